The smallest absolute Gasteiger partial charge is 0.274 e. The molecule has 0 bridgehead atoms. The van der Waals surface area contributed by atoms with Crippen molar-refractivity contribution in [2.75, 3.05) is 26.2 Å². The van der Waals surface area contributed by atoms with E-state index in [2.05, 4.69) is 40.8 Å². The lowest BCUT2D eigenvalue weighted by atomic mass is 10.1. The fourth-order valence-electron chi connectivity index (χ4n) is 4.67. The van der Waals surface area contributed by atoms with Crippen LogP contribution in [0.2, 0.25) is 5.02 Å². The van der Waals surface area contributed by atoms with Gasteiger partial charge < -0.3 is 9.47 Å². The summed E-state index contributed by atoms with van der Waals surface area (Å²) in [7, 11) is 1.91. The number of carbonyl (C=O) groups is 1. The molecule has 5 nitrogen and oxygen atoms in total. The van der Waals surface area contributed by atoms with Crippen molar-refractivity contribution in [2.45, 2.75) is 26.8 Å². The number of likely N-dealkylation sites (tertiary alicyclic amines) is 1. The van der Waals surface area contributed by atoms with Crippen molar-refractivity contribution in [1.29, 1.82) is 0 Å². The minimum atomic E-state index is 0.0777. The maximum atomic E-state index is 13.1. The molecule has 0 radical (unpaired) electrons. The van der Waals surface area contributed by atoms with E-state index >= 15 is 0 Å². The molecule has 3 unspecified atom stereocenters. The number of hydrogen-bond acceptors (Lipinski definition) is 3. The Morgan fingerprint density at radius 2 is 1.97 bits per heavy atom. The van der Waals surface area contributed by atoms with Crippen molar-refractivity contribution in [3.05, 3.63) is 53.1 Å². The molecule has 2 heterocycles. The van der Waals surface area contributed by atoms with Gasteiger partial charge in [0.05, 0.1) is 6.33 Å². The molecular weight excluding hydrogens is 384 g/mol. The number of nitrogens with zero attached hydrogens (tertiary/aromatic N) is 4. The summed E-state index contributed by atoms with van der Waals surface area (Å²) in [4.78, 5) is 21.9. The van der Waals surface area contributed by atoms with Gasteiger partial charge in [-0.25, -0.2) is 4.98 Å². The van der Waals surface area contributed by atoms with Crippen LogP contribution in [0.25, 0.3) is 0 Å². The monoisotopic (exact) mass is 414 g/mol. The predicted molar refractivity (Wildman–Crippen MR) is 116 cm³/mol. The van der Waals surface area contributed by atoms with Gasteiger partial charge in [-0.3, -0.25) is 9.69 Å². The zero-order chi connectivity index (χ0) is 20.5. The highest BCUT2D eigenvalue weighted by molar-refractivity contribution is 6.30. The van der Waals surface area contributed by atoms with Gasteiger partial charge >= 0.3 is 0 Å². The molecule has 6 heteroatoms. The van der Waals surface area contributed by atoms with E-state index in [1.807, 2.05) is 29.9 Å². The maximum Gasteiger partial charge on any atom is 0.274 e. The Hall–Kier alpha value is -1.85. The molecule has 1 aromatic carbocycles. The largest absolute Gasteiger partial charge is 0.340 e. The van der Waals surface area contributed by atoms with E-state index < -0.39 is 0 Å². The van der Waals surface area contributed by atoms with Gasteiger partial charge in [-0.2, -0.15) is 0 Å². The Bertz CT molecular complexity index is 837. The van der Waals surface area contributed by atoms with E-state index in [0.29, 0.717) is 17.5 Å². The highest BCUT2D eigenvalue weighted by Gasteiger charge is 2.55. The Morgan fingerprint density at radius 3 is 2.55 bits per heavy atom. The number of rotatable bonds is 8. The number of hydrogen-bond donors (Lipinski definition) is 0. The van der Waals surface area contributed by atoms with Gasteiger partial charge in [-0.15, -0.1) is 0 Å². The van der Waals surface area contributed by atoms with Crippen molar-refractivity contribution < 1.29 is 4.79 Å². The molecule has 2 fully saturated rings. The van der Waals surface area contributed by atoms with Crippen LogP contribution in [0.5, 0.6) is 0 Å². The van der Waals surface area contributed by atoms with Crippen molar-refractivity contribution in [2.24, 2.45) is 30.7 Å². The molecule has 2 aliphatic rings. The van der Waals surface area contributed by atoms with Crippen LogP contribution < -0.4 is 0 Å². The summed E-state index contributed by atoms with van der Waals surface area (Å²) in [5.41, 5.74) is 1.88. The number of carbonyl (C=O) groups excluding carboxylic acids is 1. The molecule has 2 aromatic rings. The van der Waals surface area contributed by atoms with E-state index in [1.165, 1.54) is 5.56 Å². The van der Waals surface area contributed by atoms with E-state index in [9.17, 15) is 4.79 Å². The molecule has 1 aliphatic carbocycles. The average Bonchev–Trinajstić information content (AvgIpc) is 3.04. The van der Waals surface area contributed by atoms with Crippen LogP contribution in [0.4, 0.5) is 0 Å². The lowest BCUT2D eigenvalue weighted by Gasteiger charge is -2.27. The van der Waals surface area contributed by atoms with Gasteiger partial charge in [-0.05, 0) is 41.4 Å². The van der Waals surface area contributed by atoms with E-state index in [-0.39, 0.29) is 5.91 Å². The van der Waals surface area contributed by atoms with Crippen molar-refractivity contribution >= 4 is 17.5 Å². The van der Waals surface area contributed by atoms with Crippen LogP contribution in [0.15, 0.2) is 36.8 Å². The molecule has 0 spiro atoms. The van der Waals surface area contributed by atoms with Gasteiger partial charge in [0, 0.05) is 51.0 Å². The number of benzene rings is 1. The molecule has 3 atom stereocenters. The third kappa shape index (κ3) is 4.67. The fourth-order valence-corrected chi connectivity index (χ4v) is 4.80. The zero-order valence-electron chi connectivity index (χ0n) is 17.6. The van der Waals surface area contributed by atoms with Gasteiger partial charge in [0.1, 0.15) is 5.69 Å². The number of piperidine rings is 1. The van der Waals surface area contributed by atoms with Crippen LogP contribution in [0.3, 0.4) is 0 Å². The summed E-state index contributed by atoms with van der Waals surface area (Å²) in [6.45, 7) is 9.34. The van der Waals surface area contributed by atoms with E-state index in [1.54, 1.807) is 6.33 Å². The second kappa shape index (κ2) is 8.49. The summed E-state index contributed by atoms with van der Waals surface area (Å²) in [5.74, 6) is 2.65. The van der Waals surface area contributed by atoms with Crippen molar-refractivity contribution in [1.82, 2.24) is 19.4 Å². The summed E-state index contributed by atoms with van der Waals surface area (Å²) >= 11 is 5.99. The summed E-state index contributed by atoms with van der Waals surface area (Å²) in [6, 6.07) is 8.16. The number of aryl methyl sites for hydroxylation is 1. The number of halogens is 1. The van der Waals surface area contributed by atoms with E-state index in [0.717, 1.165) is 56.0 Å². The standard InChI is InChI=1S/C23H31ClN4O/c1-4-16(2)9-28(23(29)22-14-26(3)15-25-22)13-21-19-11-27(12-20(19)21)10-17-5-7-18(24)8-6-17/h5-8,14-16,19-21H,4,9-13H2,1-3H3. The number of aromatic nitrogens is 2. The summed E-state index contributed by atoms with van der Waals surface area (Å²) in [6.07, 6.45) is 4.61. The minimum absolute atomic E-state index is 0.0777. The van der Waals surface area contributed by atoms with Crippen LogP contribution in [0.1, 0.15) is 36.3 Å². The molecule has 4 rings (SSSR count). The summed E-state index contributed by atoms with van der Waals surface area (Å²) in [5, 5.41) is 0.789. The minimum Gasteiger partial charge on any atom is -0.340 e. The first-order chi connectivity index (χ1) is 13.9. The van der Waals surface area contributed by atoms with Crippen LogP contribution in [-0.4, -0.2) is 51.4 Å². The number of imidazole rings is 1. The second-order valence-electron chi connectivity index (χ2n) is 8.96. The first-order valence-corrected chi connectivity index (χ1v) is 11.1. The van der Waals surface area contributed by atoms with Gasteiger partial charge in [0.2, 0.25) is 0 Å². The number of amides is 1. The Morgan fingerprint density at radius 1 is 1.28 bits per heavy atom. The first kappa shape index (κ1) is 20.4. The normalized spacial score (nSPS) is 24.3. The van der Waals surface area contributed by atoms with Gasteiger partial charge in [-0.1, -0.05) is 44.0 Å². The second-order valence-corrected chi connectivity index (χ2v) is 9.40. The molecule has 156 valence electrons. The van der Waals surface area contributed by atoms with Gasteiger partial charge in [0.25, 0.3) is 5.91 Å². The van der Waals surface area contributed by atoms with Crippen LogP contribution >= 0.6 is 11.6 Å². The van der Waals surface area contributed by atoms with Crippen molar-refractivity contribution in [3.63, 3.8) is 0 Å². The molecule has 1 saturated heterocycles. The van der Waals surface area contributed by atoms with Crippen LogP contribution in [0, 0.1) is 23.7 Å². The molecule has 1 aliphatic heterocycles. The highest BCUT2D eigenvalue weighted by Crippen LogP contribution is 2.52. The fraction of sp³-hybridized carbons (Fsp3) is 0.565. The Labute approximate surface area is 178 Å². The Kier molecular flexibility index (Phi) is 5.98. The molecule has 0 N–H and O–H groups in total. The average molecular weight is 415 g/mol. The lowest BCUT2D eigenvalue weighted by Crippen LogP contribution is -2.38. The molecular formula is C23H31ClN4O. The first-order valence-electron chi connectivity index (χ1n) is 10.7. The third-order valence-electron chi connectivity index (χ3n) is 6.64. The highest BCUT2D eigenvalue weighted by atomic mass is 35.5. The zero-order valence-corrected chi connectivity index (χ0v) is 18.3. The molecule has 1 saturated carbocycles. The molecule has 1 aromatic heterocycles. The van der Waals surface area contributed by atoms with Crippen molar-refractivity contribution in [3.8, 4) is 0 Å². The Balaban J connectivity index is 1.34. The molecule has 29 heavy (non-hydrogen) atoms. The topological polar surface area (TPSA) is 41.4 Å². The molecule has 1 amide bonds. The lowest BCUT2D eigenvalue weighted by molar-refractivity contribution is 0.0705. The third-order valence-corrected chi connectivity index (χ3v) is 6.89. The quantitative estimate of drug-likeness (QED) is 0.657. The summed E-state index contributed by atoms with van der Waals surface area (Å²) < 4.78 is 1.84. The SMILES string of the molecule is CCC(C)CN(CC1C2CN(Cc3ccc(Cl)cc3)CC21)C(=O)c1cn(C)cn1. The number of fused-ring (bicyclic) bond motifs is 1. The predicted octanol–water partition coefficient (Wildman–Crippen LogP) is 3.94. The van der Waals surface area contributed by atoms with Gasteiger partial charge in [0.15, 0.2) is 0 Å². The van der Waals surface area contributed by atoms with E-state index in [4.69, 9.17) is 11.6 Å². The van der Waals surface area contributed by atoms with Crippen LogP contribution in [-0.2, 0) is 13.6 Å². The maximum absolute atomic E-state index is 13.1.